The normalized spacial score (nSPS) is 20.0. The van der Waals surface area contributed by atoms with E-state index in [-0.39, 0.29) is 11.6 Å². The summed E-state index contributed by atoms with van der Waals surface area (Å²) in [6.45, 7) is 2.30. The SMILES string of the molecule is CC(=O)NC(Cc1ccccc1)(C(=O)C(F)(F)F)N1C(=O)C(C2CCCCC2)N(C(C)=O)C=C1c1ccccc1. The number of halogens is 3. The molecule has 2 atom stereocenters. The number of benzene rings is 2. The number of nitrogens with zero attached hydrogens (tertiary/aromatic N) is 2. The number of carbonyl (C=O) groups is 4. The van der Waals surface area contributed by atoms with Crippen LogP contribution < -0.4 is 5.32 Å². The molecule has 212 valence electrons. The maximum absolute atomic E-state index is 14.6. The summed E-state index contributed by atoms with van der Waals surface area (Å²) in [5.41, 5.74) is -2.32. The van der Waals surface area contributed by atoms with Gasteiger partial charge < -0.3 is 10.2 Å². The Balaban J connectivity index is 2.04. The van der Waals surface area contributed by atoms with Gasteiger partial charge in [0.1, 0.15) is 6.04 Å². The molecule has 10 heteroatoms. The maximum Gasteiger partial charge on any atom is 0.454 e. The largest absolute Gasteiger partial charge is 0.454 e. The molecule has 3 amide bonds. The Morgan fingerprint density at radius 1 is 0.900 bits per heavy atom. The molecule has 2 unspecified atom stereocenters. The Labute approximate surface area is 231 Å². The van der Waals surface area contributed by atoms with Crippen LogP contribution in [0.3, 0.4) is 0 Å². The van der Waals surface area contributed by atoms with Crippen LogP contribution in [-0.4, -0.2) is 51.2 Å². The first-order valence-corrected chi connectivity index (χ1v) is 13.3. The van der Waals surface area contributed by atoms with Gasteiger partial charge in [-0.2, -0.15) is 13.2 Å². The summed E-state index contributed by atoms with van der Waals surface area (Å²) in [6.07, 6.45) is -0.943. The highest BCUT2D eigenvalue weighted by Gasteiger charge is 2.61. The number of amides is 3. The minimum Gasteiger partial charge on any atom is -0.326 e. The third-order valence-corrected chi connectivity index (χ3v) is 7.51. The van der Waals surface area contributed by atoms with Gasteiger partial charge in [0, 0.05) is 26.5 Å². The second-order valence-electron chi connectivity index (χ2n) is 10.4. The summed E-state index contributed by atoms with van der Waals surface area (Å²) in [5.74, 6) is -4.82. The van der Waals surface area contributed by atoms with E-state index in [0.29, 0.717) is 24.0 Å². The molecule has 1 saturated carbocycles. The molecule has 0 aromatic heterocycles. The minimum absolute atomic E-state index is 0.0878. The third-order valence-electron chi connectivity index (χ3n) is 7.51. The van der Waals surface area contributed by atoms with Crippen molar-refractivity contribution in [2.75, 3.05) is 0 Å². The van der Waals surface area contributed by atoms with Crippen LogP contribution >= 0.6 is 0 Å². The predicted octanol–water partition coefficient (Wildman–Crippen LogP) is 4.83. The van der Waals surface area contributed by atoms with Gasteiger partial charge in [-0.1, -0.05) is 79.9 Å². The summed E-state index contributed by atoms with van der Waals surface area (Å²) in [6, 6.07) is 14.9. The number of hydrogen-bond acceptors (Lipinski definition) is 4. The standard InChI is InChI=1S/C30H32F3N3O4/c1-20(37)34-29(28(40)30(31,32)33,18-22-12-6-3-7-13-22)36-25(23-14-8-4-9-15-23)19-35(21(2)38)26(27(36)39)24-16-10-5-11-17-24/h3-4,6-9,12-15,19,24,26H,5,10-11,16-18H2,1-2H3,(H,34,37). The molecule has 0 radical (unpaired) electrons. The van der Waals surface area contributed by atoms with Crippen LogP contribution in [0.1, 0.15) is 57.1 Å². The number of ketones is 1. The van der Waals surface area contributed by atoms with E-state index in [4.69, 9.17) is 0 Å². The predicted molar refractivity (Wildman–Crippen MR) is 142 cm³/mol. The van der Waals surface area contributed by atoms with Crippen LogP contribution in [0.15, 0.2) is 66.9 Å². The fourth-order valence-electron chi connectivity index (χ4n) is 5.85. The Morgan fingerprint density at radius 3 is 2.00 bits per heavy atom. The van der Waals surface area contributed by atoms with Crippen molar-refractivity contribution in [3.63, 3.8) is 0 Å². The highest BCUT2D eigenvalue weighted by molar-refractivity contribution is 6.05. The molecule has 2 aromatic rings. The molecule has 1 heterocycles. The van der Waals surface area contributed by atoms with Crippen molar-refractivity contribution in [2.24, 2.45) is 5.92 Å². The Hall–Kier alpha value is -3.95. The molecule has 1 aliphatic heterocycles. The number of rotatable bonds is 7. The zero-order chi connectivity index (χ0) is 29.1. The van der Waals surface area contributed by atoms with Gasteiger partial charge in [0.2, 0.25) is 11.8 Å². The van der Waals surface area contributed by atoms with E-state index < -0.39 is 47.8 Å². The average molecular weight is 556 g/mol. The quantitative estimate of drug-likeness (QED) is 0.530. The van der Waals surface area contributed by atoms with Crippen molar-refractivity contribution in [1.29, 1.82) is 0 Å². The first-order valence-electron chi connectivity index (χ1n) is 13.3. The highest BCUT2D eigenvalue weighted by atomic mass is 19.4. The Kier molecular flexibility index (Phi) is 8.46. The van der Waals surface area contributed by atoms with E-state index in [1.54, 1.807) is 48.5 Å². The van der Waals surface area contributed by atoms with Gasteiger partial charge in [-0.15, -0.1) is 0 Å². The monoisotopic (exact) mass is 555 g/mol. The van der Waals surface area contributed by atoms with Crippen LogP contribution in [-0.2, 0) is 25.6 Å². The average Bonchev–Trinajstić information content (AvgIpc) is 2.92. The number of hydrogen-bond donors (Lipinski definition) is 1. The summed E-state index contributed by atoms with van der Waals surface area (Å²) in [7, 11) is 0. The molecule has 7 nitrogen and oxygen atoms in total. The fourth-order valence-corrected chi connectivity index (χ4v) is 5.85. The van der Waals surface area contributed by atoms with Gasteiger partial charge in [-0.3, -0.25) is 24.1 Å². The highest BCUT2D eigenvalue weighted by Crippen LogP contribution is 2.41. The van der Waals surface area contributed by atoms with Crippen LogP contribution in [0.25, 0.3) is 5.70 Å². The minimum atomic E-state index is -5.41. The molecule has 4 rings (SSSR count). The number of alkyl halides is 3. The van der Waals surface area contributed by atoms with Crippen molar-refractivity contribution in [3.8, 4) is 0 Å². The lowest BCUT2D eigenvalue weighted by Gasteiger charge is -2.50. The summed E-state index contributed by atoms with van der Waals surface area (Å²) >= 11 is 0. The van der Waals surface area contributed by atoms with Gasteiger partial charge in [0.15, 0.2) is 5.66 Å². The molecule has 0 spiro atoms. The van der Waals surface area contributed by atoms with E-state index in [2.05, 4.69) is 5.32 Å². The number of carbonyl (C=O) groups excluding carboxylic acids is 4. The Morgan fingerprint density at radius 2 is 1.48 bits per heavy atom. The number of Topliss-reactive ketones (excluding diaryl/α,β-unsaturated/α-hetero) is 1. The van der Waals surface area contributed by atoms with E-state index >= 15 is 0 Å². The lowest BCUT2D eigenvalue weighted by Crippen LogP contribution is -2.73. The first-order chi connectivity index (χ1) is 19.0. The summed E-state index contributed by atoms with van der Waals surface area (Å²) in [5, 5.41) is 2.27. The zero-order valence-electron chi connectivity index (χ0n) is 22.4. The lowest BCUT2D eigenvalue weighted by molar-refractivity contribution is -0.187. The second-order valence-corrected chi connectivity index (χ2v) is 10.4. The van der Waals surface area contributed by atoms with E-state index in [9.17, 15) is 32.3 Å². The maximum atomic E-state index is 14.6. The molecule has 2 aliphatic rings. The topological polar surface area (TPSA) is 86.8 Å². The van der Waals surface area contributed by atoms with Crippen LogP contribution in [0, 0.1) is 5.92 Å². The zero-order valence-corrected chi connectivity index (χ0v) is 22.4. The smallest absolute Gasteiger partial charge is 0.326 e. The van der Waals surface area contributed by atoms with E-state index in [1.165, 1.54) is 30.2 Å². The molecule has 1 aliphatic carbocycles. The summed E-state index contributed by atoms with van der Waals surface area (Å²) < 4.78 is 43.3. The van der Waals surface area contributed by atoms with Gasteiger partial charge in [0.05, 0.1) is 5.70 Å². The van der Waals surface area contributed by atoms with Crippen molar-refractivity contribution in [3.05, 3.63) is 78.0 Å². The van der Waals surface area contributed by atoms with Gasteiger partial charge in [-0.05, 0) is 29.9 Å². The molecular weight excluding hydrogens is 523 g/mol. The summed E-state index contributed by atoms with van der Waals surface area (Å²) in [4.78, 5) is 55.6. The van der Waals surface area contributed by atoms with Crippen molar-refractivity contribution in [1.82, 2.24) is 15.1 Å². The molecule has 1 fully saturated rings. The van der Waals surface area contributed by atoms with Crippen molar-refractivity contribution >= 4 is 29.2 Å². The molecule has 40 heavy (non-hydrogen) atoms. The molecule has 2 aromatic carbocycles. The Bertz CT molecular complexity index is 1290. The molecular formula is C30H32F3N3O4. The van der Waals surface area contributed by atoms with Gasteiger partial charge >= 0.3 is 6.18 Å². The van der Waals surface area contributed by atoms with Gasteiger partial charge in [0.25, 0.3) is 11.7 Å². The van der Waals surface area contributed by atoms with Gasteiger partial charge in [-0.25, -0.2) is 0 Å². The van der Waals surface area contributed by atoms with Crippen LogP contribution in [0.2, 0.25) is 0 Å². The van der Waals surface area contributed by atoms with E-state index in [0.717, 1.165) is 31.1 Å². The molecule has 1 N–H and O–H groups in total. The molecule has 0 bridgehead atoms. The third kappa shape index (κ3) is 5.80. The number of nitrogens with one attached hydrogen (secondary N) is 1. The first kappa shape index (κ1) is 29.0. The van der Waals surface area contributed by atoms with Crippen molar-refractivity contribution in [2.45, 2.75) is 70.3 Å². The second kappa shape index (κ2) is 11.7. The lowest BCUT2D eigenvalue weighted by atomic mass is 9.80. The fraction of sp³-hybridized carbons (Fsp3) is 0.400. The van der Waals surface area contributed by atoms with Crippen LogP contribution in [0.4, 0.5) is 13.2 Å². The van der Waals surface area contributed by atoms with Crippen LogP contribution in [0.5, 0.6) is 0 Å². The van der Waals surface area contributed by atoms with E-state index in [1.807, 2.05) is 0 Å². The van der Waals surface area contributed by atoms with Crippen molar-refractivity contribution < 1.29 is 32.3 Å². The molecule has 0 saturated heterocycles.